The van der Waals surface area contributed by atoms with Gasteiger partial charge in [0.2, 0.25) is 5.88 Å². The largest absolute Gasteiger partial charge is 0.439 e. The van der Waals surface area contributed by atoms with Gasteiger partial charge >= 0.3 is 0 Å². The van der Waals surface area contributed by atoms with E-state index in [9.17, 15) is 4.39 Å². The summed E-state index contributed by atoms with van der Waals surface area (Å²) in [5, 5.41) is 0. The van der Waals surface area contributed by atoms with Crippen LogP contribution in [-0.2, 0) is 5.88 Å². The van der Waals surface area contributed by atoms with E-state index in [2.05, 4.69) is 4.98 Å². The second kappa shape index (κ2) is 5.36. The van der Waals surface area contributed by atoms with E-state index < -0.39 is 0 Å². The summed E-state index contributed by atoms with van der Waals surface area (Å²) in [6, 6.07) is 8.36. The van der Waals surface area contributed by atoms with Crippen molar-refractivity contribution in [1.82, 2.24) is 4.98 Å². The number of hydrogen-bond donors (Lipinski definition) is 0. The molecule has 0 N–H and O–H groups in total. The van der Waals surface area contributed by atoms with Crippen molar-refractivity contribution in [2.75, 3.05) is 0 Å². The van der Waals surface area contributed by atoms with Crippen LogP contribution in [0.25, 0.3) is 0 Å². The average molecular weight is 266 g/mol. The molecular weight excluding hydrogens is 253 g/mol. The number of rotatable bonds is 3. The summed E-state index contributed by atoms with van der Waals surface area (Å²) in [4.78, 5) is 4.23. The maximum atomic E-state index is 13.4. The van der Waals surface area contributed by atoms with Gasteiger partial charge < -0.3 is 4.74 Å². The molecule has 0 amide bonds. The Hall–Kier alpha value is -1.61. The minimum atomic E-state index is -0.294. The Morgan fingerprint density at radius 1 is 1.22 bits per heavy atom. The molecule has 0 fully saturated rings. The van der Waals surface area contributed by atoms with Crippen LogP contribution in [0.3, 0.4) is 0 Å². The first-order valence-corrected chi connectivity index (χ1v) is 6.09. The van der Waals surface area contributed by atoms with E-state index in [1.54, 1.807) is 25.1 Å². The third-order valence-corrected chi connectivity index (χ3v) is 2.82. The molecule has 0 bridgehead atoms. The summed E-state index contributed by atoms with van der Waals surface area (Å²) >= 11 is 5.78. The Balaban J connectivity index is 2.27. The first-order chi connectivity index (χ1) is 8.58. The van der Waals surface area contributed by atoms with E-state index in [0.29, 0.717) is 23.1 Å². The van der Waals surface area contributed by atoms with Gasteiger partial charge in [-0.3, -0.25) is 0 Å². The highest BCUT2D eigenvalue weighted by Crippen LogP contribution is 2.23. The van der Waals surface area contributed by atoms with Crippen molar-refractivity contribution in [2.24, 2.45) is 0 Å². The Kier molecular flexibility index (Phi) is 3.82. The standard InChI is InChI=1S/C14H13ClFNO/c1-9-3-4-12(7-13(9)16)18-14-6-11(8-15)5-10(2)17-14/h3-7H,8H2,1-2H3. The second-order valence-corrected chi connectivity index (χ2v) is 4.37. The minimum absolute atomic E-state index is 0.294. The summed E-state index contributed by atoms with van der Waals surface area (Å²) in [5.74, 6) is 0.950. The zero-order valence-corrected chi connectivity index (χ0v) is 11.0. The molecule has 0 spiro atoms. The number of halogens is 2. The fourth-order valence-corrected chi connectivity index (χ4v) is 1.75. The summed E-state index contributed by atoms with van der Waals surface area (Å²) < 4.78 is 18.9. The quantitative estimate of drug-likeness (QED) is 0.769. The summed E-state index contributed by atoms with van der Waals surface area (Å²) in [6.07, 6.45) is 0. The minimum Gasteiger partial charge on any atom is -0.439 e. The number of aryl methyl sites for hydroxylation is 2. The van der Waals surface area contributed by atoms with Crippen LogP contribution < -0.4 is 4.74 Å². The van der Waals surface area contributed by atoms with E-state index in [0.717, 1.165) is 11.3 Å². The predicted octanol–water partition coefficient (Wildman–Crippen LogP) is 4.37. The monoisotopic (exact) mass is 265 g/mol. The fraction of sp³-hybridized carbons (Fsp3) is 0.214. The van der Waals surface area contributed by atoms with Crippen molar-refractivity contribution in [1.29, 1.82) is 0 Å². The fourth-order valence-electron chi connectivity index (χ4n) is 1.59. The zero-order chi connectivity index (χ0) is 13.1. The van der Waals surface area contributed by atoms with Crippen molar-refractivity contribution >= 4 is 11.6 Å². The van der Waals surface area contributed by atoms with Crippen LogP contribution >= 0.6 is 11.6 Å². The molecule has 1 aromatic heterocycles. The van der Waals surface area contributed by atoms with Gasteiger partial charge in [-0.15, -0.1) is 11.6 Å². The third-order valence-electron chi connectivity index (χ3n) is 2.51. The van der Waals surface area contributed by atoms with Crippen molar-refractivity contribution in [3.05, 3.63) is 53.0 Å². The molecule has 0 aliphatic heterocycles. The van der Waals surface area contributed by atoms with Crippen molar-refractivity contribution < 1.29 is 9.13 Å². The topological polar surface area (TPSA) is 22.1 Å². The molecule has 4 heteroatoms. The number of nitrogens with zero attached hydrogens (tertiary/aromatic N) is 1. The average Bonchev–Trinajstić information content (AvgIpc) is 2.33. The van der Waals surface area contributed by atoms with Crippen LogP contribution in [0, 0.1) is 19.7 Å². The molecule has 18 heavy (non-hydrogen) atoms. The Labute approximate surface area is 110 Å². The van der Waals surface area contributed by atoms with Gasteiger partial charge in [-0.1, -0.05) is 6.07 Å². The molecule has 0 atom stereocenters. The lowest BCUT2D eigenvalue weighted by Gasteiger charge is -2.08. The molecule has 1 aromatic carbocycles. The maximum absolute atomic E-state index is 13.4. The van der Waals surface area contributed by atoms with Gasteiger partial charge in [-0.25, -0.2) is 9.37 Å². The lowest BCUT2D eigenvalue weighted by molar-refractivity contribution is 0.456. The highest BCUT2D eigenvalue weighted by atomic mass is 35.5. The molecular formula is C14H13ClFNO. The number of hydrogen-bond acceptors (Lipinski definition) is 2. The van der Waals surface area contributed by atoms with Crippen LogP contribution in [0.5, 0.6) is 11.6 Å². The van der Waals surface area contributed by atoms with Crippen LogP contribution in [0.1, 0.15) is 16.8 Å². The molecule has 2 rings (SSSR count). The molecule has 0 aliphatic carbocycles. The second-order valence-electron chi connectivity index (χ2n) is 4.10. The molecule has 0 saturated carbocycles. The summed E-state index contributed by atoms with van der Waals surface area (Å²) in [7, 11) is 0. The third kappa shape index (κ3) is 2.99. The molecule has 0 aliphatic rings. The van der Waals surface area contributed by atoms with E-state index >= 15 is 0 Å². The predicted molar refractivity (Wildman–Crippen MR) is 69.7 cm³/mol. The van der Waals surface area contributed by atoms with Crippen LogP contribution in [0.2, 0.25) is 0 Å². The first-order valence-electron chi connectivity index (χ1n) is 5.56. The molecule has 94 valence electrons. The molecule has 1 heterocycles. The van der Waals surface area contributed by atoms with Gasteiger partial charge in [0.05, 0.1) is 0 Å². The van der Waals surface area contributed by atoms with Gasteiger partial charge in [-0.2, -0.15) is 0 Å². The van der Waals surface area contributed by atoms with Crippen molar-refractivity contribution in [2.45, 2.75) is 19.7 Å². The number of benzene rings is 1. The van der Waals surface area contributed by atoms with Gasteiger partial charge in [0.25, 0.3) is 0 Å². The van der Waals surface area contributed by atoms with Crippen molar-refractivity contribution in [3.63, 3.8) is 0 Å². The summed E-state index contributed by atoms with van der Waals surface area (Å²) in [5.41, 5.74) is 2.32. The number of pyridine rings is 1. The normalized spacial score (nSPS) is 10.4. The van der Waals surface area contributed by atoms with E-state index in [1.807, 2.05) is 13.0 Å². The Morgan fingerprint density at radius 3 is 2.67 bits per heavy atom. The number of alkyl halides is 1. The van der Waals surface area contributed by atoms with E-state index in [1.165, 1.54) is 6.07 Å². The smallest absolute Gasteiger partial charge is 0.219 e. The van der Waals surface area contributed by atoms with Crippen LogP contribution in [0.15, 0.2) is 30.3 Å². The highest BCUT2D eigenvalue weighted by molar-refractivity contribution is 6.17. The number of aromatic nitrogens is 1. The van der Waals surface area contributed by atoms with Gasteiger partial charge in [-0.05, 0) is 37.1 Å². The maximum Gasteiger partial charge on any atom is 0.219 e. The zero-order valence-electron chi connectivity index (χ0n) is 10.2. The molecule has 2 nitrogen and oxygen atoms in total. The van der Waals surface area contributed by atoms with Gasteiger partial charge in [0.15, 0.2) is 0 Å². The molecule has 0 unspecified atom stereocenters. The molecule has 0 saturated heterocycles. The Morgan fingerprint density at radius 2 is 2.00 bits per heavy atom. The van der Waals surface area contributed by atoms with Crippen LogP contribution in [0.4, 0.5) is 4.39 Å². The van der Waals surface area contributed by atoms with Crippen molar-refractivity contribution in [3.8, 4) is 11.6 Å². The lowest BCUT2D eigenvalue weighted by Crippen LogP contribution is -1.93. The SMILES string of the molecule is Cc1cc(CCl)cc(Oc2ccc(C)c(F)c2)n1. The summed E-state index contributed by atoms with van der Waals surface area (Å²) in [6.45, 7) is 3.56. The van der Waals surface area contributed by atoms with E-state index in [-0.39, 0.29) is 5.82 Å². The number of ether oxygens (including phenoxy) is 1. The lowest BCUT2D eigenvalue weighted by atomic mass is 10.2. The molecule has 2 aromatic rings. The first kappa shape index (κ1) is 12.8. The highest BCUT2D eigenvalue weighted by Gasteiger charge is 2.05. The van der Waals surface area contributed by atoms with Gasteiger partial charge in [0, 0.05) is 23.7 Å². The van der Waals surface area contributed by atoms with Crippen LogP contribution in [-0.4, -0.2) is 4.98 Å². The molecule has 0 radical (unpaired) electrons. The Bertz CT molecular complexity index is 572. The van der Waals surface area contributed by atoms with E-state index in [4.69, 9.17) is 16.3 Å². The van der Waals surface area contributed by atoms with Gasteiger partial charge in [0.1, 0.15) is 11.6 Å².